The monoisotopic (exact) mass is 325 g/mol. The van der Waals surface area contributed by atoms with E-state index in [0.717, 1.165) is 36.1 Å². The average Bonchev–Trinajstić information content (AvgIpc) is 2.63. The predicted molar refractivity (Wildman–Crippen MR) is 95.8 cm³/mol. The molecule has 0 radical (unpaired) electrons. The molecule has 0 saturated carbocycles. The van der Waals surface area contributed by atoms with Crippen molar-refractivity contribution in [2.75, 3.05) is 30.4 Å². The minimum atomic E-state index is -0.153. The smallest absolute Gasteiger partial charge is 0.257 e. The van der Waals surface area contributed by atoms with Crippen molar-refractivity contribution < 1.29 is 9.53 Å². The normalized spacial score (nSPS) is 15.2. The van der Waals surface area contributed by atoms with Crippen LogP contribution in [-0.4, -0.2) is 31.1 Å². The van der Waals surface area contributed by atoms with Crippen molar-refractivity contribution in [3.63, 3.8) is 0 Å². The Morgan fingerprint density at radius 3 is 2.58 bits per heavy atom. The quantitative estimate of drug-likeness (QED) is 0.933. The summed E-state index contributed by atoms with van der Waals surface area (Å²) in [7, 11) is 1.62. The largest absolute Gasteiger partial charge is 0.497 e. The van der Waals surface area contributed by atoms with E-state index in [1.807, 2.05) is 36.5 Å². The van der Waals surface area contributed by atoms with Crippen LogP contribution in [0.15, 0.2) is 42.7 Å². The number of anilines is 2. The summed E-state index contributed by atoms with van der Waals surface area (Å²) >= 11 is 0. The lowest BCUT2D eigenvalue weighted by atomic mass is 9.99. The van der Waals surface area contributed by atoms with Crippen LogP contribution in [0.5, 0.6) is 5.75 Å². The zero-order valence-electron chi connectivity index (χ0n) is 14.2. The summed E-state index contributed by atoms with van der Waals surface area (Å²) in [5.74, 6) is 1.38. The second kappa shape index (κ2) is 7.34. The van der Waals surface area contributed by atoms with Crippen molar-refractivity contribution in [2.45, 2.75) is 19.8 Å². The minimum Gasteiger partial charge on any atom is -0.497 e. The maximum absolute atomic E-state index is 12.5. The van der Waals surface area contributed by atoms with Gasteiger partial charge in [-0.2, -0.15) is 0 Å². The number of benzene rings is 1. The molecule has 1 saturated heterocycles. The Balaban J connectivity index is 1.69. The fourth-order valence-electron chi connectivity index (χ4n) is 2.87. The van der Waals surface area contributed by atoms with Crippen LogP contribution in [0.3, 0.4) is 0 Å². The van der Waals surface area contributed by atoms with Gasteiger partial charge >= 0.3 is 0 Å². The first kappa shape index (κ1) is 16.3. The zero-order chi connectivity index (χ0) is 16.9. The molecule has 1 aliphatic heterocycles. The van der Waals surface area contributed by atoms with E-state index < -0.39 is 0 Å². The van der Waals surface area contributed by atoms with Crippen LogP contribution in [-0.2, 0) is 0 Å². The van der Waals surface area contributed by atoms with Crippen molar-refractivity contribution >= 4 is 17.3 Å². The van der Waals surface area contributed by atoms with Crippen LogP contribution in [0.1, 0.15) is 30.1 Å². The number of pyridine rings is 1. The number of ether oxygens (including phenoxy) is 1. The van der Waals surface area contributed by atoms with E-state index in [1.165, 1.54) is 12.8 Å². The predicted octanol–water partition coefficient (Wildman–Crippen LogP) is 3.58. The SMILES string of the molecule is COc1ccc(NC(=O)c2cncc(N3CCC(C)CC3)c2)cc1. The number of carbonyl (C=O) groups is 1. The number of hydrogen-bond donors (Lipinski definition) is 1. The molecular formula is C19H23N3O2. The van der Waals surface area contributed by atoms with Gasteiger partial charge in [0, 0.05) is 25.0 Å². The van der Waals surface area contributed by atoms with Crippen molar-refractivity contribution in [3.8, 4) is 5.75 Å². The fourth-order valence-corrected chi connectivity index (χ4v) is 2.87. The average molecular weight is 325 g/mol. The van der Waals surface area contributed by atoms with E-state index in [4.69, 9.17) is 4.74 Å². The molecule has 3 rings (SSSR count). The van der Waals surface area contributed by atoms with Gasteiger partial charge in [0.25, 0.3) is 5.91 Å². The first-order chi connectivity index (χ1) is 11.7. The Morgan fingerprint density at radius 1 is 1.21 bits per heavy atom. The highest BCUT2D eigenvalue weighted by atomic mass is 16.5. The number of piperidine rings is 1. The third-order valence-electron chi connectivity index (χ3n) is 4.48. The Kier molecular flexibility index (Phi) is 4.99. The fraction of sp³-hybridized carbons (Fsp3) is 0.368. The molecule has 1 amide bonds. The van der Waals surface area contributed by atoms with E-state index in [0.29, 0.717) is 5.56 Å². The first-order valence-corrected chi connectivity index (χ1v) is 8.31. The molecule has 5 heteroatoms. The lowest BCUT2D eigenvalue weighted by Gasteiger charge is -2.32. The molecule has 0 aliphatic carbocycles. The number of methoxy groups -OCH3 is 1. The molecule has 1 aromatic carbocycles. The van der Waals surface area contributed by atoms with Crippen molar-refractivity contribution in [3.05, 3.63) is 48.3 Å². The molecule has 0 atom stereocenters. The number of amides is 1. The van der Waals surface area contributed by atoms with Gasteiger partial charge in [-0.05, 0) is 49.1 Å². The molecule has 0 spiro atoms. The third-order valence-corrected chi connectivity index (χ3v) is 4.48. The molecule has 0 bridgehead atoms. The summed E-state index contributed by atoms with van der Waals surface area (Å²) < 4.78 is 5.12. The molecular weight excluding hydrogens is 302 g/mol. The summed E-state index contributed by atoms with van der Waals surface area (Å²) in [6.45, 7) is 4.33. The summed E-state index contributed by atoms with van der Waals surface area (Å²) in [6, 6.07) is 9.19. The number of carbonyl (C=O) groups excluding carboxylic acids is 1. The van der Waals surface area contributed by atoms with E-state index >= 15 is 0 Å². The van der Waals surface area contributed by atoms with Crippen LogP contribution >= 0.6 is 0 Å². The van der Waals surface area contributed by atoms with Gasteiger partial charge < -0.3 is 15.0 Å². The third kappa shape index (κ3) is 3.85. The second-order valence-electron chi connectivity index (χ2n) is 6.28. The molecule has 1 N–H and O–H groups in total. The van der Waals surface area contributed by atoms with Crippen LogP contribution in [0.2, 0.25) is 0 Å². The lowest BCUT2D eigenvalue weighted by molar-refractivity contribution is 0.102. The standard InChI is InChI=1S/C19H23N3O2/c1-14-7-9-22(10-8-14)17-11-15(12-20-13-17)19(23)21-16-3-5-18(24-2)6-4-16/h3-6,11-14H,7-10H2,1-2H3,(H,21,23). The van der Waals surface area contributed by atoms with Crippen LogP contribution in [0.25, 0.3) is 0 Å². The highest BCUT2D eigenvalue weighted by Gasteiger charge is 2.17. The molecule has 0 unspecified atom stereocenters. The highest BCUT2D eigenvalue weighted by Crippen LogP contribution is 2.23. The molecule has 1 fully saturated rings. The van der Waals surface area contributed by atoms with Crippen LogP contribution in [0, 0.1) is 5.92 Å². The molecule has 2 aromatic rings. The van der Waals surface area contributed by atoms with Crippen molar-refractivity contribution in [2.24, 2.45) is 5.92 Å². The maximum atomic E-state index is 12.5. The Hall–Kier alpha value is -2.56. The van der Waals surface area contributed by atoms with Crippen LogP contribution in [0.4, 0.5) is 11.4 Å². The van der Waals surface area contributed by atoms with Gasteiger partial charge in [0.15, 0.2) is 0 Å². The molecule has 24 heavy (non-hydrogen) atoms. The van der Waals surface area contributed by atoms with E-state index in [2.05, 4.69) is 22.1 Å². The summed E-state index contributed by atoms with van der Waals surface area (Å²) in [4.78, 5) is 19.0. The van der Waals surface area contributed by atoms with Gasteiger partial charge in [-0.25, -0.2) is 0 Å². The lowest BCUT2D eigenvalue weighted by Crippen LogP contribution is -2.33. The van der Waals surface area contributed by atoms with E-state index in [-0.39, 0.29) is 5.91 Å². The number of hydrogen-bond acceptors (Lipinski definition) is 4. The Morgan fingerprint density at radius 2 is 1.92 bits per heavy atom. The van der Waals surface area contributed by atoms with Crippen LogP contribution < -0.4 is 15.0 Å². The first-order valence-electron chi connectivity index (χ1n) is 8.31. The summed E-state index contributed by atoms with van der Waals surface area (Å²) in [5, 5.41) is 2.89. The van der Waals surface area contributed by atoms with Gasteiger partial charge in [0.1, 0.15) is 5.75 Å². The summed E-state index contributed by atoms with van der Waals surface area (Å²) in [5.41, 5.74) is 2.32. The highest BCUT2D eigenvalue weighted by molar-refractivity contribution is 6.04. The van der Waals surface area contributed by atoms with Crippen molar-refractivity contribution in [1.82, 2.24) is 4.98 Å². The molecule has 1 aliphatic rings. The molecule has 2 heterocycles. The molecule has 126 valence electrons. The molecule has 5 nitrogen and oxygen atoms in total. The number of aromatic nitrogens is 1. The van der Waals surface area contributed by atoms with Gasteiger partial charge in [-0.15, -0.1) is 0 Å². The Bertz CT molecular complexity index is 692. The second-order valence-corrected chi connectivity index (χ2v) is 6.28. The summed E-state index contributed by atoms with van der Waals surface area (Å²) in [6.07, 6.45) is 5.81. The van der Waals surface area contributed by atoms with Gasteiger partial charge in [0.05, 0.1) is 24.6 Å². The Labute approximate surface area is 142 Å². The minimum absolute atomic E-state index is 0.153. The number of nitrogens with one attached hydrogen (secondary N) is 1. The zero-order valence-corrected chi connectivity index (χ0v) is 14.2. The number of nitrogens with zero attached hydrogens (tertiary/aromatic N) is 2. The van der Waals surface area contributed by atoms with E-state index in [9.17, 15) is 4.79 Å². The van der Waals surface area contributed by atoms with Gasteiger partial charge in [-0.3, -0.25) is 9.78 Å². The van der Waals surface area contributed by atoms with Gasteiger partial charge in [0.2, 0.25) is 0 Å². The topological polar surface area (TPSA) is 54.5 Å². The molecule has 1 aromatic heterocycles. The van der Waals surface area contributed by atoms with Gasteiger partial charge in [-0.1, -0.05) is 6.92 Å². The van der Waals surface area contributed by atoms with Crippen molar-refractivity contribution in [1.29, 1.82) is 0 Å². The van der Waals surface area contributed by atoms with E-state index in [1.54, 1.807) is 13.3 Å². The maximum Gasteiger partial charge on any atom is 0.257 e. The number of rotatable bonds is 4.